The third-order valence-corrected chi connectivity index (χ3v) is 15.0. The first-order valence-corrected chi connectivity index (χ1v) is 17.3. The van der Waals surface area contributed by atoms with E-state index in [4.69, 9.17) is 6.58 Å². The van der Waals surface area contributed by atoms with Crippen molar-refractivity contribution in [3.8, 4) is 0 Å². The average Bonchev–Trinajstić information content (AvgIpc) is 3.49. The Morgan fingerprint density at radius 2 is 1.95 bits per heavy atom. The fourth-order valence-electron chi connectivity index (χ4n) is 14.0. The van der Waals surface area contributed by atoms with Gasteiger partial charge in [0.25, 0.3) is 0 Å². The maximum absolute atomic E-state index is 10.4. The van der Waals surface area contributed by atoms with E-state index in [-0.39, 0.29) is 28.3 Å². The summed E-state index contributed by atoms with van der Waals surface area (Å²) in [6, 6.07) is 2.17. The SMILES string of the molecule is C=C1C=C2[C@@]3(CC[C@H](C[C@H](CO)Cc4cc[nH]c4)C3)C[C@]34CC[C@@H](CCCO)[C@@H]3C=C[C@H]3C=C[C@@]5([C@@H]1C5(C)C)[C@]2(C)[C@@H]34. The van der Waals surface area contributed by atoms with Crippen LogP contribution in [0.15, 0.2) is 66.6 Å². The highest BCUT2D eigenvalue weighted by atomic mass is 16.3. The molecule has 3 N–H and O–H groups in total. The van der Waals surface area contributed by atoms with Gasteiger partial charge in [0.1, 0.15) is 0 Å². The molecule has 0 bridgehead atoms. The molecule has 8 rings (SSSR count). The van der Waals surface area contributed by atoms with Crippen LogP contribution >= 0.6 is 0 Å². The van der Waals surface area contributed by atoms with Crippen LogP contribution in [0.1, 0.15) is 84.1 Å². The molecule has 0 saturated heterocycles. The van der Waals surface area contributed by atoms with Gasteiger partial charge in [0.15, 0.2) is 0 Å². The number of allylic oxidation sites excluding steroid dienone is 7. The van der Waals surface area contributed by atoms with Crippen molar-refractivity contribution < 1.29 is 10.2 Å². The van der Waals surface area contributed by atoms with Crippen molar-refractivity contribution in [1.29, 1.82) is 0 Å². The standard InChI is InChI=1S/C39H53NO2/c1-25-18-32-36(4)34-30(11-15-39(36)33(25)35(39,2)3)7-8-31-29(6-5-17-41)10-14-38(31,34)24-37(32)13-9-26(21-37)19-28(23-42)20-27-12-16-40-22-27/h7-8,11-12,15-16,18,22,26,28-31,33-34,40-42H,1,5-6,9-10,13-14,17,19-21,23-24H2,2-4H3/t26-,28+,29-,30+,31+,33+,34-,36+,37-,38-,39+/m1/s1. The summed E-state index contributed by atoms with van der Waals surface area (Å²) in [5, 5.41) is 20.2. The molecule has 7 aliphatic carbocycles. The second kappa shape index (κ2) is 9.10. The number of fused-ring (bicyclic) bond motifs is 1. The molecule has 3 heteroatoms. The van der Waals surface area contributed by atoms with Gasteiger partial charge in [0, 0.05) is 36.4 Å². The molecule has 4 saturated carbocycles. The number of hydrogen-bond donors (Lipinski definition) is 3. The highest BCUT2D eigenvalue weighted by Gasteiger charge is 2.85. The molecule has 1 aromatic rings. The van der Waals surface area contributed by atoms with Crippen LogP contribution in [0.5, 0.6) is 0 Å². The summed E-state index contributed by atoms with van der Waals surface area (Å²) in [6.07, 6.45) is 29.5. The number of aromatic nitrogens is 1. The topological polar surface area (TPSA) is 56.2 Å². The van der Waals surface area contributed by atoms with Crippen molar-refractivity contribution >= 4 is 0 Å². The molecule has 226 valence electrons. The van der Waals surface area contributed by atoms with Gasteiger partial charge < -0.3 is 15.2 Å². The van der Waals surface area contributed by atoms with E-state index in [9.17, 15) is 10.2 Å². The number of hydrogen-bond acceptors (Lipinski definition) is 2. The lowest BCUT2D eigenvalue weighted by Crippen LogP contribution is -2.63. The van der Waals surface area contributed by atoms with E-state index < -0.39 is 0 Å². The van der Waals surface area contributed by atoms with Crippen LogP contribution in [0.2, 0.25) is 0 Å². The van der Waals surface area contributed by atoms with Gasteiger partial charge >= 0.3 is 0 Å². The van der Waals surface area contributed by atoms with E-state index in [2.05, 4.69) is 68.4 Å². The van der Waals surface area contributed by atoms with Crippen LogP contribution in [-0.4, -0.2) is 28.4 Å². The van der Waals surface area contributed by atoms with Crippen LogP contribution in [0.3, 0.4) is 0 Å². The normalized spacial score (nSPS) is 47.6. The number of aromatic amines is 1. The molecule has 42 heavy (non-hydrogen) atoms. The summed E-state index contributed by atoms with van der Waals surface area (Å²) in [4.78, 5) is 3.21. The lowest BCUT2D eigenvalue weighted by molar-refractivity contribution is -0.117. The molecule has 0 unspecified atom stereocenters. The Kier molecular flexibility index (Phi) is 6.00. The molecule has 3 nitrogen and oxygen atoms in total. The van der Waals surface area contributed by atoms with Crippen molar-refractivity contribution in [2.24, 2.45) is 68.5 Å². The Labute approximate surface area is 253 Å². The largest absolute Gasteiger partial charge is 0.396 e. The molecule has 0 aromatic carbocycles. The third kappa shape index (κ3) is 3.26. The highest BCUT2D eigenvalue weighted by molar-refractivity contribution is 5.58. The summed E-state index contributed by atoms with van der Waals surface area (Å²) in [5.41, 5.74) is 5.67. The number of aliphatic hydroxyl groups is 2. The first kappa shape index (κ1) is 27.7. The van der Waals surface area contributed by atoms with Gasteiger partial charge in [-0.25, -0.2) is 0 Å². The van der Waals surface area contributed by atoms with Crippen molar-refractivity contribution in [3.05, 3.63) is 72.1 Å². The molecular formula is C39H53NO2. The van der Waals surface area contributed by atoms with Crippen molar-refractivity contribution in [2.45, 2.75) is 85.0 Å². The summed E-state index contributed by atoms with van der Waals surface area (Å²) in [7, 11) is 0. The zero-order valence-electron chi connectivity index (χ0n) is 26.2. The van der Waals surface area contributed by atoms with Crippen LogP contribution in [0, 0.1) is 68.5 Å². The minimum absolute atomic E-state index is 0.158. The fourth-order valence-corrected chi connectivity index (χ4v) is 14.0. The van der Waals surface area contributed by atoms with Gasteiger partial charge in [-0.05, 0) is 134 Å². The van der Waals surface area contributed by atoms with E-state index in [0.717, 1.165) is 19.3 Å². The Hall–Kier alpha value is -1.84. The van der Waals surface area contributed by atoms with Crippen LogP contribution < -0.4 is 0 Å². The fraction of sp³-hybridized carbons (Fsp3) is 0.692. The van der Waals surface area contributed by atoms with Crippen LogP contribution in [0.4, 0.5) is 0 Å². The zero-order valence-corrected chi connectivity index (χ0v) is 26.2. The second-order valence-electron chi connectivity index (χ2n) is 16.9. The minimum atomic E-state index is 0.158. The maximum atomic E-state index is 10.4. The molecule has 0 radical (unpaired) electrons. The van der Waals surface area contributed by atoms with Gasteiger partial charge in [-0.15, -0.1) is 0 Å². The number of rotatable bonds is 8. The van der Waals surface area contributed by atoms with Gasteiger partial charge in [-0.3, -0.25) is 0 Å². The smallest absolute Gasteiger partial charge is 0.0462 e. The van der Waals surface area contributed by atoms with E-state index >= 15 is 0 Å². The summed E-state index contributed by atoms with van der Waals surface area (Å²) in [5.74, 6) is 4.11. The molecule has 4 fully saturated rings. The first-order chi connectivity index (χ1) is 20.2. The molecule has 1 aromatic heterocycles. The number of nitrogens with one attached hydrogen (secondary N) is 1. The predicted molar refractivity (Wildman–Crippen MR) is 169 cm³/mol. The lowest BCUT2D eigenvalue weighted by atomic mass is 9.34. The van der Waals surface area contributed by atoms with Crippen molar-refractivity contribution in [3.63, 3.8) is 0 Å². The van der Waals surface area contributed by atoms with Crippen molar-refractivity contribution in [1.82, 2.24) is 4.98 Å². The summed E-state index contributed by atoms with van der Waals surface area (Å²) < 4.78 is 0. The van der Waals surface area contributed by atoms with Crippen molar-refractivity contribution in [2.75, 3.05) is 13.2 Å². The zero-order chi connectivity index (χ0) is 29.1. The van der Waals surface area contributed by atoms with E-state index in [1.807, 2.05) is 6.20 Å². The number of H-pyrrole nitrogens is 1. The third-order valence-electron chi connectivity index (χ3n) is 15.0. The second-order valence-corrected chi connectivity index (χ2v) is 16.9. The molecule has 11 atom stereocenters. The van der Waals surface area contributed by atoms with E-state index in [0.29, 0.717) is 53.4 Å². The Bertz CT molecular complexity index is 1350. The van der Waals surface area contributed by atoms with E-state index in [1.54, 1.807) is 5.57 Å². The van der Waals surface area contributed by atoms with Crippen LogP contribution in [-0.2, 0) is 6.42 Å². The molecule has 7 aliphatic rings. The lowest BCUT2D eigenvalue weighted by Gasteiger charge is -2.69. The average molecular weight is 568 g/mol. The highest BCUT2D eigenvalue weighted by Crippen LogP contribution is 2.91. The Morgan fingerprint density at radius 3 is 2.71 bits per heavy atom. The predicted octanol–water partition coefficient (Wildman–Crippen LogP) is 8.05. The maximum Gasteiger partial charge on any atom is 0.0462 e. The van der Waals surface area contributed by atoms with Gasteiger partial charge in [-0.1, -0.05) is 68.9 Å². The summed E-state index contributed by atoms with van der Waals surface area (Å²) in [6.45, 7) is 13.2. The van der Waals surface area contributed by atoms with Gasteiger partial charge in [0.05, 0.1) is 0 Å². The Balaban J connectivity index is 1.21. The van der Waals surface area contributed by atoms with Gasteiger partial charge in [0.2, 0.25) is 0 Å². The Morgan fingerprint density at radius 1 is 1.10 bits per heavy atom. The molecule has 0 amide bonds. The monoisotopic (exact) mass is 567 g/mol. The van der Waals surface area contributed by atoms with Crippen LogP contribution in [0.25, 0.3) is 0 Å². The molecular weight excluding hydrogens is 514 g/mol. The minimum Gasteiger partial charge on any atom is -0.396 e. The number of aliphatic hydroxyl groups excluding tert-OH is 2. The molecule has 0 aliphatic heterocycles. The molecule has 3 spiro atoms. The molecule has 1 heterocycles. The first-order valence-electron chi connectivity index (χ1n) is 17.3. The van der Waals surface area contributed by atoms with E-state index in [1.165, 1.54) is 56.1 Å². The quantitative estimate of drug-likeness (QED) is 0.278. The summed E-state index contributed by atoms with van der Waals surface area (Å²) >= 11 is 0. The van der Waals surface area contributed by atoms with Gasteiger partial charge in [-0.2, -0.15) is 0 Å².